The van der Waals surface area contributed by atoms with Crippen LogP contribution < -0.4 is 11.2 Å². The van der Waals surface area contributed by atoms with Crippen LogP contribution in [0.2, 0.25) is 0 Å². The quantitative estimate of drug-likeness (QED) is 0.449. The Hall–Kier alpha value is -2.89. The number of hydrogen-bond donors (Lipinski definition) is 2. The van der Waals surface area contributed by atoms with E-state index in [0.29, 0.717) is 21.0 Å². The first-order valence-corrected chi connectivity index (χ1v) is 10.0. The van der Waals surface area contributed by atoms with E-state index in [4.69, 9.17) is 11.0 Å². The Bertz CT molecular complexity index is 1120. The molecule has 0 saturated carbocycles. The van der Waals surface area contributed by atoms with Crippen LogP contribution in [-0.4, -0.2) is 16.7 Å². The van der Waals surface area contributed by atoms with Crippen molar-refractivity contribution in [2.24, 2.45) is 5.10 Å². The van der Waals surface area contributed by atoms with Crippen molar-refractivity contribution >= 4 is 44.4 Å². The van der Waals surface area contributed by atoms with Gasteiger partial charge in [-0.2, -0.15) is 10.4 Å². The minimum atomic E-state index is -0.381. The summed E-state index contributed by atoms with van der Waals surface area (Å²) >= 11 is 4.54. The van der Waals surface area contributed by atoms with Crippen molar-refractivity contribution in [3.8, 4) is 11.8 Å². The van der Waals surface area contributed by atoms with Gasteiger partial charge in [-0.3, -0.25) is 4.79 Å². The van der Waals surface area contributed by atoms with Crippen LogP contribution >= 0.6 is 27.3 Å². The van der Waals surface area contributed by atoms with Crippen molar-refractivity contribution in [3.05, 3.63) is 67.8 Å². The van der Waals surface area contributed by atoms with Gasteiger partial charge >= 0.3 is 0 Å². The van der Waals surface area contributed by atoms with Gasteiger partial charge in [-0.1, -0.05) is 15.9 Å². The van der Waals surface area contributed by atoms with Crippen LogP contribution in [0.3, 0.4) is 0 Å². The summed E-state index contributed by atoms with van der Waals surface area (Å²) in [6.07, 6.45) is 1.62. The van der Waals surface area contributed by atoms with Crippen LogP contribution in [-0.2, 0) is 0 Å². The number of rotatable bonds is 4. The number of benzene rings is 1. The maximum Gasteiger partial charge on any atom is 0.281 e. The molecule has 2 aromatic heterocycles. The van der Waals surface area contributed by atoms with Gasteiger partial charge in [0.1, 0.15) is 15.9 Å². The van der Waals surface area contributed by atoms with E-state index in [9.17, 15) is 4.79 Å². The molecule has 0 aliphatic heterocycles. The molecule has 1 amide bonds. The molecule has 0 aliphatic rings. The van der Waals surface area contributed by atoms with Gasteiger partial charge in [0.05, 0.1) is 11.8 Å². The molecule has 6 nitrogen and oxygen atoms in total. The third-order valence-electron chi connectivity index (χ3n) is 4.42. The molecule has 142 valence electrons. The maximum atomic E-state index is 12.4. The van der Waals surface area contributed by atoms with E-state index in [1.165, 1.54) is 0 Å². The molecule has 0 unspecified atom stereocenters. The third-order valence-corrected chi connectivity index (χ3v) is 6.07. The van der Waals surface area contributed by atoms with E-state index in [1.54, 1.807) is 13.1 Å². The van der Waals surface area contributed by atoms with E-state index >= 15 is 0 Å². The van der Waals surface area contributed by atoms with E-state index in [1.807, 2.05) is 50.2 Å². The minimum absolute atomic E-state index is 0.340. The first-order chi connectivity index (χ1) is 13.3. The normalized spacial score (nSPS) is 11.0. The van der Waals surface area contributed by atoms with E-state index < -0.39 is 0 Å². The lowest BCUT2D eigenvalue weighted by molar-refractivity contribution is 0.0958. The number of nitriles is 1. The van der Waals surface area contributed by atoms with Crippen molar-refractivity contribution in [2.45, 2.75) is 20.8 Å². The summed E-state index contributed by atoms with van der Waals surface area (Å²) < 4.78 is 3.14. The Morgan fingerprint density at radius 3 is 2.61 bits per heavy atom. The number of hydrogen-bond acceptors (Lipinski definition) is 5. The zero-order valence-corrected chi connectivity index (χ0v) is 18.0. The lowest BCUT2D eigenvalue weighted by atomic mass is 10.2. The number of nitrogens with one attached hydrogen (secondary N) is 1. The second-order valence-electron chi connectivity index (χ2n) is 6.24. The molecule has 0 spiro atoms. The number of nitrogens with two attached hydrogens (primary N) is 1. The average molecular weight is 456 g/mol. The molecule has 3 rings (SSSR count). The summed E-state index contributed by atoms with van der Waals surface area (Å²) in [4.78, 5) is 12.8. The fourth-order valence-corrected chi connectivity index (χ4v) is 4.19. The molecule has 3 N–H and O–H groups in total. The molecular formula is C20H18BrN5OS. The highest BCUT2D eigenvalue weighted by molar-refractivity contribution is 9.10. The molecule has 2 heterocycles. The lowest BCUT2D eigenvalue weighted by Gasteiger charge is -2.09. The number of amides is 1. The lowest BCUT2D eigenvalue weighted by Crippen LogP contribution is -2.17. The predicted molar refractivity (Wildman–Crippen MR) is 116 cm³/mol. The highest BCUT2D eigenvalue weighted by atomic mass is 79.9. The first kappa shape index (κ1) is 19.9. The summed E-state index contributed by atoms with van der Waals surface area (Å²) in [5.74, 6) is -0.381. The number of carbonyl (C=O) groups excluding carboxylic acids is 1. The van der Waals surface area contributed by atoms with Crippen LogP contribution in [0.15, 0.2) is 39.9 Å². The third kappa shape index (κ3) is 3.72. The van der Waals surface area contributed by atoms with Crippen molar-refractivity contribution in [3.63, 3.8) is 0 Å². The van der Waals surface area contributed by atoms with Crippen molar-refractivity contribution in [1.29, 1.82) is 5.26 Å². The minimum Gasteiger partial charge on any atom is -0.389 e. The smallest absolute Gasteiger partial charge is 0.281 e. The molecule has 28 heavy (non-hydrogen) atoms. The molecule has 0 radical (unpaired) electrons. The second-order valence-corrected chi connectivity index (χ2v) is 8.21. The number of aromatic nitrogens is 1. The van der Waals surface area contributed by atoms with Crippen molar-refractivity contribution in [1.82, 2.24) is 9.99 Å². The van der Waals surface area contributed by atoms with Crippen LogP contribution in [0, 0.1) is 32.1 Å². The maximum absolute atomic E-state index is 12.4. The average Bonchev–Trinajstić information content (AvgIpc) is 3.11. The molecule has 1 aromatic carbocycles. The number of halogens is 1. The molecular weight excluding hydrogens is 438 g/mol. The number of nitrogens with zero attached hydrogens (tertiary/aromatic N) is 3. The number of thiophene rings is 1. The molecule has 0 saturated heterocycles. The zero-order chi connectivity index (χ0) is 20.4. The highest BCUT2D eigenvalue weighted by Crippen LogP contribution is 2.29. The summed E-state index contributed by atoms with van der Waals surface area (Å²) in [7, 11) is 0. The van der Waals surface area contributed by atoms with E-state index in [0.717, 1.165) is 38.4 Å². The second kappa shape index (κ2) is 8.00. The van der Waals surface area contributed by atoms with Crippen LogP contribution in [0.5, 0.6) is 0 Å². The number of anilines is 1. The van der Waals surface area contributed by atoms with Crippen molar-refractivity contribution < 1.29 is 4.79 Å². The van der Waals surface area contributed by atoms with Crippen LogP contribution in [0.1, 0.15) is 37.7 Å². The first-order valence-electron chi connectivity index (χ1n) is 8.40. The van der Waals surface area contributed by atoms with Gasteiger partial charge in [-0.15, -0.1) is 11.3 Å². The van der Waals surface area contributed by atoms with Crippen molar-refractivity contribution in [2.75, 3.05) is 5.73 Å². The fourth-order valence-electron chi connectivity index (χ4n) is 3.01. The Balaban J connectivity index is 1.80. The summed E-state index contributed by atoms with van der Waals surface area (Å²) in [6, 6.07) is 12.1. The van der Waals surface area contributed by atoms with Gasteiger partial charge in [-0.25, -0.2) is 5.43 Å². The predicted octanol–water partition coefficient (Wildman–Crippen LogP) is 4.44. The fraction of sp³-hybridized carbons (Fsp3) is 0.150. The molecule has 3 aromatic rings. The summed E-state index contributed by atoms with van der Waals surface area (Å²) in [5, 5.41) is 13.5. The van der Waals surface area contributed by atoms with E-state index in [-0.39, 0.29) is 5.91 Å². The van der Waals surface area contributed by atoms with Crippen LogP contribution in [0.25, 0.3) is 5.69 Å². The Morgan fingerprint density at radius 2 is 2.00 bits per heavy atom. The van der Waals surface area contributed by atoms with Gasteiger partial charge in [0, 0.05) is 27.1 Å². The standard InChI is InChI=1S/C20H18BrN5OS/c1-11-8-14(13(3)26(11)16-6-4-15(21)5-7-16)10-24-25-20(27)18-12(2)17(9-22)19(23)28-18/h4-8,10H,23H2,1-3H3,(H,25,27). The summed E-state index contributed by atoms with van der Waals surface area (Å²) in [6.45, 7) is 5.73. The van der Waals surface area contributed by atoms with E-state index in [2.05, 4.69) is 31.0 Å². The molecule has 8 heteroatoms. The Labute approximate surface area is 175 Å². The van der Waals surface area contributed by atoms with Gasteiger partial charge in [-0.05, 0) is 56.7 Å². The molecule has 0 atom stereocenters. The highest BCUT2D eigenvalue weighted by Gasteiger charge is 2.18. The molecule has 0 fully saturated rings. The monoisotopic (exact) mass is 455 g/mol. The number of aryl methyl sites for hydroxylation is 1. The number of hydrazone groups is 1. The van der Waals surface area contributed by atoms with Crippen LogP contribution in [0.4, 0.5) is 5.00 Å². The number of nitrogen functional groups attached to an aromatic ring is 1. The zero-order valence-electron chi connectivity index (χ0n) is 15.6. The van der Waals surface area contributed by atoms with Gasteiger partial charge < -0.3 is 10.3 Å². The topological polar surface area (TPSA) is 96.2 Å². The Morgan fingerprint density at radius 1 is 1.32 bits per heavy atom. The van der Waals surface area contributed by atoms with Gasteiger partial charge in [0.15, 0.2) is 0 Å². The van der Waals surface area contributed by atoms with Gasteiger partial charge in [0.25, 0.3) is 5.91 Å². The number of carbonyl (C=O) groups is 1. The van der Waals surface area contributed by atoms with Gasteiger partial charge in [0.2, 0.25) is 0 Å². The summed E-state index contributed by atoms with van der Waals surface area (Å²) in [5.41, 5.74) is 13.3. The molecule has 0 aliphatic carbocycles. The largest absolute Gasteiger partial charge is 0.389 e. The molecule has 0 bridgehead atoms. The SMILES string of the molecule is Cc1c(C(=O)NN=Cc2cc(C)n(-c3ccc(Br)cc3)c2C)sc(N)c1C#N. The Kier molecular flexibility index (Phi) is 5.68.